The van der Waals surface area contributed by atoms with Gasteiger partial charge < -0.3 is 20.4 Å². The number of nitrogen functional groups attached to an aromatic ring is 1. The van der Waals surface area contributed by atoms with Crippen molar-refractivity contribution in [3.8, 4) is 0 Å². The summed E-state index contributed by atoms with van der Waals surface area (Å²) in [6, 6.07) is 10.5. The van der Waals surface area contributed by atoms with Crippen molar-refractivity contribution >= 4 is 35.0 Å². The number of nitrogens with zero attached hydrogens (tertiary/aromatic N) is 6. The summed E-state index contributed by atoms with van der Waals surface area (Å²) in [6.45, 7) is 9.01. The van der Waals surface area contributed by atoms with E-state index in [9.17, 15) is 14.4 Å². The zero-order chi connectivity index (χ0) is 32.4. The molecule has 0 aliphatic carbocycles. The molecule has 0 bridgehead atoms. The fourth-order valence-electron chi connectivity index (χ4n) is 7.80. The quantitative estimate of drug-likeness (QED) is 0.365. The van der Waals surface area contributed by atoms with Crippen LogP contribution in [0, 0.1) is 12.8 Å². The summed E-state index contributed by atoms with van der Waals surface area (Å²) in [6.07, 6.45) is 6.86. The largest absolute Gasteiger partial charge is 0.397 e. The Kier molecular flexibility index (Phi) is 10.2. The molecule has 2 aromatic rings. The normalized spacial score (nSPS) is 21.4. The highest BCUT2D eigenvalue weighted by Crippen LogP contribution is 2.28. The molecule has 4 aliphatic rings. The van der Waals surface area contributed by atoms with Crippen molar-refractivity contribution < 1.29 is 19.0 Å². The molecule has 1 aromatic heterocycles. The third-order valence-electron chi connectivity index (χ3n) is 10.7. The van der Waals surface area contributed by atoms with Gasteiger partial charge in [-0.2, -0.15) is 4.57 Å². The lowest BCUT2D eigenvalue weighted by atomic mass is 9.92. The fraction of sp³-hybridized carbons (Fsp3) is 0.600. The van der Waals surface area contributed by atoms with Crippen molar-refractivity contribution in [2.45, 2.75) is 70.6 Å². The van der Waals surface area contributed by atoms with Crippen LogP contribution in [0.2, 0.25) is 5.02 Å². The molecule has 10 nitrogen and oxygen atoms in total. The van der Waals surface area contributed by atoms with Gasteiger partial charge in [0.2, 0.25) is 24.4 Å². The number of piperazine rings is 1. The monoisotopic (exact) mass is 650 g/mol. The second-order valence-electron chi connectivity index (χ2n) is 13.8. The number of pyridine rings is 1. The summed E-state index contributed by atoms with van der Waals surface area (Å²) in [4.78, 5) is 51.6. The van der Waals surface area contributed by atoms with Gasteiger partial charge in [0.05, 0.1) is 16.6 Å². The number of hydrogen-bond acceptors (Lipinski definition) is 6. The predicted octanol–water partition coefficient (Wildman–Crippen LogP) is 2.34. The Morgan fingerprint density at radius 2 is 1.65 bits per heavy atom. The van der Waals surface area contributed by atoms with E-state index in [1.165, 1.54) is 12.8 Å². The van der Waals surface area contributed by atoms with Gasteiger partial charge in [0, 0.05) is 69.9 Å². The summed E-state index contributed by atoms with van der Waals surface area (Å²) in [5, 5.41) is 0.481. The maximum Gasteiger partial charge on any atom is 0.238 e. The smallest absolute Gasteiger partial charge is 0.238 e. The molecule has 11 heteroatoms. The number of halogens is 1. The lowest BCUT2D eigenvalue weighted by molar-refractivity contribution is -0.724. The Labute approximate surface area is 278 Å². The lowest BCUT2D eigenvalue weighted by Gasteiger charge is -2.43. The molecule has 5 heterocycles. The van der Waals surface area contributed by atoms with E-state index < -0.39 is 5.92 Å². The summed E-state index contributed by atoms with van der Waals surface area (Å²) < 4.78 is 2.13. The number of nitrogens with two attached hydrogens (primary N) is 1. The minimum Gasteiger partial charge on any atom is -0.397 e. The number of anilines is 1. The first-order valence-corrected chi connectivity index (χ1v) is 17.3. The van der Waals surface area contributed by atoms with Crippen LogP contribution < -0.4 is 10.3 Å². The second-order valence-corrected chi connectivity index (χ2v) is 14.2. The highest BCUT2D eigenvalue weighted by Gasteiger charge is 2.37. The Balaban J connectivity index is 1.09. The number of carbonyl (C=O) groups excluding carboxylic acids is 3. The number of amides is 3. The summed E-state index contributed by atoms with van der Waals surface area (Å²) >= 11 is 6.44. The second kappa shape index (κ2) is 14.3. The molecule has 0 spiro atoms. The van der Waals surface area contributed by atoms with E-state index in [1.54, 1.807) is 0 Å². The Hall–Kier alpha value is -3.21. The third kappa shape index (κ3) is 7.34. The maximum atomic E-state index is 14.1. The first-order valence-electron chi connectivity index (χ1n) is 17.0. The van der Waals surface area contributed by atoms with Crippen molar-refractivity contribution in [1.82, 2.24) is 24.5 Å². The van der Waals surface area contributed by atoms with Crippen LogP contribution >= 0.6 is 11.6 Å². The van der Waals surface area contributed by atoms with Gasteiger partial charge >= 0.3 is 0 Å². The minimum absolute atomic E-state index is 0.00437. The number of rotatable bonds is 7. The van der Waals surface area contributed by atoms with Gasteiger partial charge in [-0.05, 0) is 76.4 Å². The average molecular weight is 651 g/mol. The van der Waals surface area contributed by atoms with Gasteiger partial charge in [0.1, 0.15) is 6.42 Å². The molecule has 0 saturated carbocycles. The molecule has 4 aliphatic heterocycles. The molecule has 2 N–H and O–H groups in total. The van der Waals surface area contributed by atoms with Gasteiger partial charge in [-0.3, -0.25) is 24.2 Å². The van der Waals surface area contributed by atoms with Crippen molar-refractivity contribution in [3.63, 3.8) is 0 Å². The lowest BCUT2D eigenvalue weighted by Crippen LogP contribution is -2.59. The number of fused-ring (bicyclic) bond motifs is 1. The third-order valence-corrected chi connectivity index (χ3v) is 11.0. The standard InChI is InChI=1S/C35H49ClN7O3/c1-25-19-26(21-31(36)34(25)37)20-27(35(46)41-17-15-39(16-18-41)28-6-11-38(2)12-7-28)22-32(44)40-13-8-29(9-14-40)43-24-42-10-4-3-5-30(42)23-33(43)45/h3-5,10,19,21,27-29H,6-9,11-18,20,22-24,37H2,1-2H3/q+1/t27-/m0/s1. The molecule has 46 heavy (non-hydrogen) atoms. The van der Waals surface area contributed by atoms with E-state index in [0.29, 0.717) is 62.4 Å². The van der Waals surface area contributed by atoms with E-state index in [4.69, 9.17) is 17.3 Å². The summed E-state index contributed by atoms with van der Waals surface area (Å²) in [5.41, 5.74) is 9.50. The van der Waals surface area contributed by atoms with Crippen molar-refractivity contribution in [1.29, 1.82) is 0 Å². The van der Waals surface area contributed by atoms with Gasteiger partial charge in [-0.25, -0.2) is 0 Å². The Morgan fingerprint density at radius 3 is 2.35 bits per heavy atom. The van der Waals surface area contributed by atoms with Crippen molar-refractivity contribution in [2.24, 2.45) is 5.92 Å². The molecular weight excluding hydrogens is 602 g/mol. The molecule has 6 rings (SSSR count). The highest BCUT2D eigenvalue weighted by molar-refractivity contribution is 6.33. The van der Waals surface area contributed by atoms with Crippen LogP contribution in [-0.2, 0) is 33.9 Å². The number of piperidine rings is 2. The van der Waals surface area contributed by atoms with E-state index in [-0.39, 0.29) is 30.2 Å². The van der Waals surface area contributed by atoms with Gasteiger partial charge in [-0.15, -0.1) is 0 Å². The summed E-state index contributed by atoms with van der Waals surface area (Å²) in [5.74, 6) is -0.276. The molecule has 0 radical (unpaired) electrons. The number of carbonyl (C=O) groups is 3. The van der Waals surface area contributed by atoms with E-state index >= 15 is 0 Å². The first kappa shape index (κ1) is 32.7. The fourth-order valence-corrected chi connectivity index (χ4v) is 8.09. The molecule has 1 atom stereocenters. The number of benzene rings is 1. The molecule has 248 valence electrons. The molecule has 1 aromatic carbocycles. The van der Waals surface area contributed by atoms with Crippen LogP contribution in [0.15, 0.2) is 36.5 Å². The molecule has 3 fully saturated rings. The number of aryl methyl sites for hydroxylation is 1. The SMILES string of the molecule is Cc1cc(C[C@@H](CC(=O)N2CCC(N3C[n+]4ccccc4CC3=O)CC2)C(=O)N2CCN(C3CCN(C)CC3)CC2)cc(Cl)c1N. The number of likely N-dealkylation sites (tertiary alicyclic amines) is 2. The van der Waals surface area contributed by atoms with Gasteiger partial charge in [0.25, 0.3) is 0 Å². The zero-order valence-corrected chi connectivity index (χ0v) is 28.1. The number of aromatic nitrogens is 1. The first-order chi connectivity index (χ1) is 22.2. The minimum atomic E-state index is -0.476. The molecular formula is C35H49ClN7O3+. The summed E-state index contributed by atoms with van der Waals surface area (Å²) in [7, 11) is 2.18. The number of hydrogen-bond donors (Lipinski definition) is 1. The van der Waals surface area contributed by atoms with E-state index in [1.807, 2.05) is 58.2 Å². The van der Waals surface area contributed by atoms with E-state index in [2.05, 4.69) is 21.4 Å². The Morgan fingerprint density at radius 1 is 0.957 bits per heavy atom. The van der Waals surface area contributed by atoms with Crippen LogP contribution in [0.4, 0.5) is 5.69 Å². The highest BCUT2D eigenvalue weighted by atomic mass is 35.5. The van der Waals surface area contributed by atoms with Crippen LogP contribution in [-0.4, -0.2) is 114 Å². The van der Waals surface area contributed by atoms with Gasteiger partial charge in [-0.1, -0.05) is 23.7 Å². The topological polar surface area (TPSA) is 97.3 Å². The molecule has 3 amide bonds. The van der Waals surface area contributed by atoms with Crippen molar-refractivity contribution in [2.75, 3.05) is 65.1 Å². The van der Waals surface area contributed by atoms with Crippen molar-refractivity contribution in [3.05, 3.63) is 58.4 Å². The van der Waals surface area contributed by atoms with Gasteiger partial charge in [0.15, 0.2) is 11.9 Å². The molecule has 0 unspecified atom stereocenters. The van der Waals surface area contributed by atoms with Crippen LogP contribution in [0.5, 0.6) is 0 Å². The van der Waals surface area contributed by atoms with Crippen LogP contribution in [0.1, 0.15) is 48.9 Å². The van der Waals surface area contributed by atoms with Crippen LogP contribution in [0.25, 0.3) is 0 Å². The Bertz CT molecular complexity index is 1410. The maximum absolute atomic E-state index is 14.1. The average Bonchev–Trinajstić information content (AvgIpc) is 3.06. The van der Waals surface area contributed by atoms with E-state index in [0.717, 1.165) is 55.8 Å². The van der Waals surface area contributed by atoms with Crippen LogP contribution in [0.3, 0.4) is 0 Å². The molecule has 3 saturated heterocycles. The zero-order valence-electron chi connectivity index (χ0n) is 27.4. The predicted molar refractivity (Wildman–Crippen MR) is 178 cm³/mol.